The lowest BCUT2D eigenvalue weighted by Crippen LogP contribution is -2.36. The molecule has 1 aromatic heterocycles. The van der Waals surface area contributed by atoms with E-state index in [4.69, 9.17) is 27.9 Å². The number of fused-ring (bicyclic) bond motifs is 2. The summed E-state index contributed by atoms with van der Waals surface area (Å²) in [4.78, 5) is 35.7. The number of piperidine rings is 1. The molecule has 0 bridgehead atoms. The van der Waals surface area contributed by atoms with Crippen molar-refractivity contribution < 1.29 is 14.3 Å². The van der Waals surface area contributed by atoms with Gasteiger partial charge in [0.15, 0.2) is 6.04 Å². The first-order valence-electron chi connectivity index (χ1n) is 14.3. The van der Waals surface area contributed by atoms with Crippen molar-refractivity contribution in [2.24, 2.45) is 0 Å². The van der Waals surface area contributed by atoms with Crippen molar-refractivity contribution >= 4 is 35.1 Å². The van der Waals surface area contributed by atoms with E-state index in [0.29, 0.717) is 38.3 Å². The minimum Gasteiger partial charge on any atom is -0.464 e. The number of carbonyl (C=O) groups is 2. The fraction of sp³-hybridized carbons (Fsp3) is 0.452. The number of aromatic nitrogens is 2. The zero-order valence-corrected chi connectivity index (χ0v) is 24.5. The number of hydrogen-bond acceptors (Lipinski definition) is 5. The molecule has 2 aromatic carbocycles. The zero-order chi connectivity index (χ0) is 28.0. The molecule has 3 aliphatic rings. The summed E-state index contributed by atoms with van der Waals surface area (Å²) in [6.07, 6.45) is 5.84. The molecule has 40 heavy (non-hydrogen) atoms. The van der Waals surface area contributed by atoms with Gasteiger partial charge in [0.25, 0.3) is 5.91 Å². The molecule has 3 aliphatic heterocycles. The zero-order valence-electron chi connectivity index (χ0n) is 23.0. The molecule has 7 nitrogen and oxygen atoms in total. The van der Waals surface area contributed by atoms with Gasteiger partial charge in [-0.05, 0) is 75.4 Å². The SMILES string of the molecule is CCOC(=O)C(c1ncn2c1CCC2)N1Cc2c(Cl)cc(-c3ccc(C4CCN(CC)CC4)cc3)c(Cl)c2C1=O. The third-order valence-corrected chi connectivity index (χ3v) is 9.45. The van der Waals surface area contributed by atoms with Crippen LogP contribution in [0, 0.1) is 0 Å². The summed E-state index contributed by atoms with van der Waals surface area (Å²) in [5.74, 6) is -0.277. The quantitative estimate of drug-likeness (QED) is 0.308. The lowest BCUT2D eigenvalue weighted by molar-refractivity contribution is -0.149. The van der Waals surface area contributed by atoms with Crippen molar-refractivity contribution in [1.29, 1.82) is 0 Å². The Hall–Kier alpha value is -2.87. The van der Waals surface area contributed by atoms with Gasteiger partial charge in [0.1, 0.15) is 0 Å². The number of ether oxygens (including phenoxy) is 1. The molecule has 3 aromatic rings. The Morgan fingerprint density at radius 2 is 1.88 bits per heavy atom. The normalized spacial score (nSPS) is 18.2. The number of amides is 1. The van der Waals surface area contributed by atoms with Crippen molar-refractivity contribution in [2.45, 2.75) is 64.6 Å². The van der Waals surface area contributed by atoms with E-state index in [1.54, 1.807) is 13.3 Å². The highest BCUT2D eigenvalue weighted by atomic mass is 35.5. The number of likely N-dealkylation sites (tertiary alicyclic amines) is 1. The lowest BCUT2D eigenvalue weighted by Gasteiger charge is -2.31. The van der Waals surface area contributed by atoms with Crippen molar-refractivity contribution in [3.63, 3.8) is 0 Å². The molecule has 6 rings (SSSR count). The molecule has 1 saturated heterocycles. The van der Waals surface area contributed by atoms with Gasteiger partial charge in [0, 0.05) is 34.9 Å². The van der Waals surface area contributed by atoms with Gasteiger partial charge in [0.05, 0.1) is 29.2 Å². The molecule has 0 N–H and O–H groups in total. The first kappa shape index (κ1) is 27.3. The van der Waals surface area contributed by atoms with E-state index < -0.39 is 12.0 Å². The fourth-order valence-corrected chi connectivity index (χ4v) is 7.13. The molecule has 9 heteroatoms. The fourth-order valence-electron chi connectivity index (χ4n) is 6.50. The van der Waals surface area contributed by atoms with Crippen molar-refractivity contribution in [1.82, 2.24) is 19.4 Å². The average Bonchev–Trinajstić information content (AvgIpc) is 3.68. The number of rotatable bonds is 7. The summed E-state index contributed by atoms with van der Waals surface area (Å²) in [5, 5.41) is 0.813. The highest BCUT2D eigenvalue weighted by Crippen LogP contribution is 2.44. The van der Waals surface area contributed by atoms with Crippen LogP contribution in [0.1, 0.15) is 77.9 Å². The van der Waals surface area contributed by atoms with E-state index in [2.05, 4.69) is 41.1 Å². The Labute approximate surface area is 245 Å². The number of nitrogens with zero attached hydrogens (tertiary/aromatic N) is 4. The van der Waals surface area contributed by atoms with Gasteiger partial charge < -0.3 is 19.1 Å². The third kappa shape index (κ3) is 4.72. The van der Waals surface area contributed by atoms with Crippen LogP contribution in [-0.4, -0.2) is 57.5 Å². The van der Waals surface area contributed by atoms with Gasteiger partial charge in [-0.3, -0.25) is 4.79 Å². The number of carbonyl (C=O) groups excluding carboxylic acids is 2. The molecule has 1 atom stereocenters. The smallest absolute Gasteiger partial charge is 0.335 e. The Bertz CT molecular complexity index is 1440. The number of hydrogen-bond donors (Lipinski definition) is 0. The third-order valence-electron chi connectivity index (χ3n) is 8.72. The van der Waals surface area contributed by atoms with Crippen molar-refractivity contribution in [3.8, 4) is 11.1 Å². The minimum absolute atomic E-state index is 0.165. The summed E-state index contributed by atoms with van der Waals surface area (Å²) in [7, 11) is 0. The highest BCUT2D eigenvalue weighted by molar-refractivity contribution is 6.39. The number of esters is 1. The van der Waals surface area contributed by atoms with Crippen LogP contribution in [0.25, 0.3) is 11.1 Å². The molecule has 1 amide bonds. The Morgan fingerprint density at radius 1 is 1.12 bits per heavy atom. The number of aryl methyl sites for hydroxylation is 1. The van der Waals surface area contributed by atoms with Crippen molar-refractivity contribution in [3.05, 3.63) is 74.8 Å². The molecule has 1 unspecified atom stereocenters. The van der Waals surface area contributed by atoms with Crippen LogP contribution in [0.15, 0.2) is 36.7 Å². The molecule has 0 saturated carbocycles. The topological polar surface area (TPSA) is 67.7 Å². The molecule has 0 spiro atoms. The Balaban J connectivity index is 1.31. The predicted molar refractivity (Wildman–Crippen MR) is 156 cm³/mol. The van der Waals surface area contributed by atoms with Crippen LogP contribution >= 0.6 is 23.2 Å². The van der Waals surface area contributed by atoms with Gasteiger partial charge in [-0.25, -0.2) is 9.78 Å². The van der Waals surface area contributed by atoms with Crippen LogP contribution in [0.3, 0.4) is 0 Å². The maximum Gasteiger partial charge on any atom is 0.335 e. The van der Waals surface area contributed by atoms with Gasteiger partial charge in [-0.1, -0.05) is 54.4 Å². The second-order valence-corrected chi connectivity index (χ2v) is 11.7. The Kier molecular flexibility index (Phi) is 7.64. The number of halogens is 2. The molecule has 1 fully saturated rings. The molecular formula is C31H34Cl2N4O3. The van der Waals surface area contributed by atoms with Crippen LogP contribution in [-0.2, 0) is 29.0 Å². The average molecular weight is 582 g/mol. The lowest BCUT2D eigenvalue weighted by atomic mass is 9.88. The molecule has 210 valence electrons. The maximum absolute atomic E-state index is 13.9. The number of imidazole rings is 1. The predicted octanol–water partition coefficient (Wildman–Crippen LogP) is 6.26. The van der Waals surface area contributed by atoms with E-state index in [-0.39, 0.29) is 19.1 Å². The largest absolute Gasteiger partial charge is 0.464 e. The minimum atomic E-state index is -0.955. The number of benzene rings is 2. The molecule has 0 radical (unpaired) electrons. The van der Waals surface area contributed by atoms with E-state index in [1.165, 1.54) is 10.5 Å². The second-order valence-electron chi connectivity index (χ2n) is 10.9. The summed E-state index contributed by atoms with van der Waals surface area (Å²) < 4.78 is 7.47. The van der Waals surface area contributed by atoms with E-state index in [9.17, 15) is 9.59 Å². The monoisotopic (exact) mass is 580 g/mol. The first-order chi connectivity index (χ1) is 19.4. The van der Waals surface area contributed by atoms with Gasteiger partial charge in [0.2, 0.25) is 0 Å². The first-order valence-corrected chi connectivity index (χ1v) is 15.0. The standard InChI is InChI=1S/C31H34Cl2N4O3/c1-3-35-14-11-20(12-15-35)19-7-9-21(10-8-19)22-16-24(32)23-17-37(30(38)26(23)27(22)33)29(31(39)40-4-2)28-25-6-5-13-36(25)18-34-28/h7-10,16,18,20,29H,3-6,11-15,17H2,1-2H3. The summed E-state index contributed by atoms with van der Waals surface area (Å²) >= 11 is 13.8. The summed E-state index contributed by atoms with van der Waals surface area (Å²) in [6, 6.07) is 9.36. The van der Waals surface area contributed by atoms with Crippen molar-refractivity contribution in [2.75, 3.05) is 26.2 Å². The van der Waals surface area contributed by atoms with E-state index in [0.717, 1.165) is 63.1 Å². The van der Waals surface area contributed by atoms with Crippen LogP contribution in [0.5, 0.6) is 0 Å². The van der Waals surface area contributed by atoms with Gasteiger partial charge in [-0.2, -0.15) is 0 Å². The molecule has 0 aliphatic carbocycles. The summed E-state index contributed by atoms with van der Waals surface area (Å²) in [5.41, 5.74) is 5.48. The molecule has 4 heterocycles. The maximum atomic E-state index is 13.9. The van der Waals surface area contributed by atoms with E-state index >= 15 is 0 Å². The molecular weight excluding hydrogens is 547 g/mol. The van der Waals surface area contributed by atoms with Gasteiger partial charge in [-0.15, -0.1) is 0 Å². The van der Waals surface area contributed by atoms with Crippen LogP contribution in [0.4, 0.5) is 0 Å². The van der Waals surface area contributed by atoms with Crippen LogP contribution < -0.4 is 0 Å². The van der Waals surface area contributed by atoms with E-state index in [1.807, 2.05) is 10.6 Å². The summed E-state index contributed by atoms with van der Waals surface area (Å²) in [6.45, 7) is 8.55. The van der Waals surface area contributed by atoms with Crippen LogP contribution in [0.2, 0.25) is 10.0 Å². The Morgan fingerprint density at radius 3 is 2.58 bits per heavy atom. The highest BCUT2D eigenvalue weighted by Gasteiger charge is 2.43. The van der Waals surface area contributed by atoms with Gasteiger partial charge >= 0.3 is 5.97 Å². The second kappa shape index (κ2) is 11.2.